The van der Waals surface area contributed by atoms with Crippen LogP contribution in [0, 0.1) is 0 Å². The summed E-state index contributed by atoms with van der Waals surface area (Å²) in [5, 5.41) is 18.0. The highest BCUT2D eigenvalue weighted by molar-refractivity contribution is 5.93. The molecule has 19 heavy (non-hydrogen) atoms. The summed E-state index contributed by atoms with van der Waals surface area (Å²) in [4.78, 5) is 11.0. The molecule has 2 heterocycles. The van der Waals surface area contributed by atoms with Gasteiger partial charge in [0.2, 0.25) is 0 Å². The van der Waals surface area contributed by atoms with E-state index in [1.165, 1.54) is 0 Å². The topological polar surface area (TPSA) is 72.9 Å². The van der Waals surface area contributed by atoms with E-state index in [1.54, 1.807) is 16.8 Å². The molecule has 0 aliphatic rings. The first-order valence-corrected chi connectivity index (χ1v) is 5.81. The van der Waals surface area contributed by atoms with Gasteiger partial charge >= 0.3 is 5.97 Å². The van der Waals surface area contributed by atoms with Crippen LogP contribution in [0.25, 0.3) is 10.9 Å². The van der Waals surface area contributed by atoms with Crippen LogP contribution in [0.5, 0.6) is 0 Å². The minimum Gasteiger partial charge on any atom is -0.478 e. The van der Waals surface area contributed by atoms with E-state index >= 15 is 0 Å². The second-order valence-electron chi connectivity index (χ2n) is 4.41. The number of carbonyl (C=O) groups is 1. The Hall–Kier alpha value is -2.63. The van der Waals surface area contributed by atoms with Gasteiger partial charge < -0.3 is 9.67 Å². The van der Waals surface area contributed by atoms with Crippen molar-refractivity contribution in [1.29, 1.82) is 0 Å². The molecule has 1 aromatic carbocycles. The van der Waals surface area contributed by atoms with Crippen molar-refractivity contribution in [2.24, 2.45) is 7.05 Å². The highest BCUT2D eigenvalue weighted by atomic mass is 16.4. The van der Waals surface area contributed by atoms with Gasteiger partial charge in [-0.2, -0.15) is 0 Å². The smallest absolute Gasteiger partial charge is 0.335 e. The Morgan fingerprint density at radius 3 is 2.89 bits per heavy atom. The third-order valence-corrected chi connectivity index (χ3v) is 3.00. The Bertz CT molecular complexity index is 757. The molecule has 0 atom stereocenters. The minimum atomic E-state index is -0.922. The predicted octanol–water partition coefficient (Wildman–Crippen LogP) is 1.52. The number of carboxylic acid groups (broad SMARTS) is 1. The molecule has 0 fully saturated rings. The molecule has 3 aromatic rings. The molecule has 0 aliphatic carbocycles. The first kappa shape index (κ1) is 11.5. The number of hydrogen-bond donors (Lipinski definition) is 1. The maximum Gasteiger partial charge on any atom is 0.335 e. The second kappa shape index (κ2) is 4.24. The van der Waals surface area contributed by atoms with Gasteiger partial charge in [-0.05, 0) is 23.6 Å². The van der Waals surface area contributed by atoms with Crippen LogP contribution < -0.4 is 0 Å². The lowest BCUT2D eigenvalue weighted by Crippen LogP contribution is -2.00. The number of hydrogen-bond acceptors (Lipinski definition) is 3. The van der Waals surface area contributed by atoms with Gasteiger partial charge in [-0.3, -0.25) is 4.68 Å². The third-order valence-electron chi connectivity index (χ3n) is 3.00. The average molecular weight is 256 g/mol. The van der Waals surface area contributed by atoms with Crippen LogP contribution in [0.15, 0.2) is 36.7 Å². The molecule has 0 radical (unpaired) electrons. The molecule has 96 valence electrons. The van der Waals surface area contributed by atoms with Crippen molar-refractivity contribution in [3.8, 4) is 0 Å². The molecule has 6 heteroatoms. The van der Waals surface area contributed by atoms with Crippen molar-refractivity contribution in [3.63, 3.8) is 0 Å². The molecular formula is C13H12N4O2. The van der Waals surface area contributed by atoms with Gasteiger partial charge in [0.05, 0.1) is 12.1 Å². The van der Waals surface area contributed by atoms with Crippen molar-refractivity contribution in [2.75, 3.05) is 0 Å². The number of carboxylic acids is 1. The van der Waals surface area contributed by atoms with Gasteiger partial charge in [0.15, 0.2) is 0 Å². The monoisotopic (exact) mass is 256 g/mol. The average Bonchev–Trinajstić information content (AvgIpc) is 2.96. The van der Waals surface area contributed by atoms with Gasteiger partial charge in [0, 0.05) is 25.0 Å². The van der Waals surface area contributed by atoms with Gasteiger partial charge in [0.1, 0.15) is 5.69 Å². The summed E-state index contributed by atoms with van der Waals surface area (Å²) in [5.74, 6) is -0.922. The fraction of sp³-hybridized carbons (Fsp3) is 0.154. The van der Waals surface area contributed by atoms with Crippen LogP contribution in [-0.2, 0) is 13.6 Å². The lowest BCUT2D eigenvalue weighted by atomic mass is 10.1. The van der Waals surface area contributed by atoms with Crippen molar-refractivity contribution in [1.82, 2.24) is 19.6 Å². The summed E-state index contributed by atoms with van der Waals surface area (Å²) in [5.41, 5.74) is 2.00. The molecular weight excluding hydrogens is 244 g/mol. The number of rotatable bonds is 3. The highest BCUT2D eigenvalue weighted by Gasteiger charge is 2.08. The Balaban J connectivity index is 2.03. The van der Waals surface area contributed by atoms with E-state index in [-0.39, 0.29) is 5.56 Å². The lowest BCUT2D eigenvalue weighted by Gasteiger charge is -2.03. The highest BCUT2D eigenvalue weighted by Crippen LogP contribution is 2.18. The van der Waals surface area contributed by atoms with E-state index < -0.39 is 5.97 Å². The zero-order valence-corrected chi connectivity index (χ0v) is 10.3. The first-order valence-electron chi connectivity index (χ1n) is 5.81. The number of aromatic nitrogens is 4. The number of benzene rings is 1. The van der Waals surface area contributed by atoms with E-state index in [9.17, 15) is 4.79 Å². The Morgan fingerprint density at radius 2 is 2.21 bits per heavy atom. The van der Waals surface area contributed by atoms with Crippen molar-refractivity contribution >= 4 is 16.9 Å². The summed E-state index contributed by atoms with van der Waals surface area (Å²) in [7, 11) is 1.81. The number of nitrogens with zero attached hydrogens (tertiary/aromatic N) is 4. The standard InChI is InChI=1S/C13H12N4O2/c1-16-7-11(14-15-16)8-17-5-4-9-2-3-10(13(18)19)6-12(9)17/h2-7H,8H2,1H3,(H,18,19). The van der Waals surface area contributed by atoms with Crippen LogP contribution in [-0.4, -0.2) is 30.6 Å². The third kappa shape index (κ3) is 2.08. The molecule has 0 saturated heterocycles. The molecule has 3 rings (SSSR count). The quantitative estimate of drug-likeness (QED) is 0.771. The lowest BCUT2D eigenvalue weighted by molar-refractivity contribution is 0.0697. The van der Waals surface area contributed by atoms with E-state index in [4.69, 9.17) is 5.11 Å². The number of fused-ring (bicyclic) bond motifs is 1. The molecule has 2 aromatic heterocycles. The van der Waals surface area contributed by atoms with E-state index in [1.807, 2.05) is 36.1 Å². The Morgan fingerprint density at radius 1 is 1.37 bits per heavy atom. The van der Waals surface area contributed by atoms with Crippen LogP contribution in [0.2, 0.25) is 0 Å². The SMILES string of the molecule is Cn1cc(Cn2ccc3ccc(C(=O)O)cc32)nn1. The molecule has 0 saturated carbocycles. The summed E-state index contributed by atoms with van der Waals surface area (Å²) in [6, 6.07) is 7.05. The van der Waals surface area contributed by atoms with Gasteiger partial charge in [0.25, 0.3) is 0 Å². The number of aromatic carboxylic acids is 1. The van der Waals surface area contributed by atoms with E-state index in [0.717, 1.165) is 16.6 Å². The number of aryl methyl sites for hydroxylation is 1. The molecule has 1 N–H and O–H groups in total. The molecule has 0 aliphatic heterocycles. The second-order valence-corrected chi connectivity index (χ2v) is 4.41. The van der Waals surface area contributed by atoms with Gasteiger partial charge in [-0.1, -0.05) is 11.3 Å². The maximum atomic E-state index is 11.0. The van der Waals surface area contributed by atoms with Crippen LogP contribution in [0.1, 0.15) is 16.1 Å². The summed E-state index contributed by atoms with van der Waals surface area (Å²) < 4.78 is 3.61. The van der Waals surface area contributed by atoms with Crippen molar-refractivity contribution < 1.29 is 9.90 Å². The largest absolute Gasteiger partial charge is 0.478 e. The van der Waals surface area contributed by atoms with E-state index in [2.05, 4.69) is 10.3 Å². The summed E-state index contributed by atoms with van der Waals surface area (Å²) in [6.07, 6.45) is 3.76. The molecule has 0 amide bonds. The van der Waals surface area contributed by atoms with Crippen LogP contribution in [0.4, 0.5) is 0 Å². The first-order chi connectivity index (χ1) is 9.13. The Kier molecular flexibility index (Phi) is 2.56. The maximum absolute atomic E-state index is 11.0. The van der Waals surface area contributed by atoms with Gasteiger partial charge in [-0.25, -0.2) is 4.79 Å². The fourth-order valence-corrected chi connectivity index (χ4v) is 2.10. The predicted molar refractivity (Wildman–Crippen MR) is 69.0 cm³/mol. The zero-order chi connectivity index (χ0) is 13.4. The van der Waals surface area contributed by atoms with Crippen molar-refractivity contribution in [3.05, 3.63) is 47.9 Å². The molecule has 0 spiro atoms. The molecule has 0 bridgehead atoms. The normalized spacial score (nSPS) is 11.0. The van der Waals surface area contributed by atoms with Crippen molar-refractivity contribution in [2.45, 2.75) is 6.54 Å². The van der Waals surface area contributed by atoms with E-state index in [0.29, 0.717) is 6.54 Å². The van der Waals surface area contributed by atoms with Gasteiger partial charge in [-0.15, -0.1) is 5.10 Å². The molecule has 0 unspecified atom stereocenters. The van der Waals surface area contributed by atoms with Crippen LogP contribution in [0.3, 0.4) is 0 Å². The molecule has 6 nitrogen and oxygen atoms in total. The minimum absolute atomic E-state index is 0.284. The summed E-state index contributed by atoms with van der Waals surface area (Å²) >= 11 is 0. The Labute approximate surface area is 108 Å². The van der Waals surface area contributed by atoms with Crippen LogP contribution >= 0.6 is 0 Å². The fourth-order valence-electron chi connectivity index (χ4n) is 2.10. The zero-order valence-electron chi connectivity index (χ0n) is 10.3. The summed E-state index contributed by atoms with van der Waals surface area (Å²) in [6.45, 7) is 0.570.